The predicted molar refractivity (Wildman–Crippen MR) is 50.8 cm³/mol. The molecule has 0 saturated heterocycles. The Labute approximate surface area is 74.0 Å². The number of fused-ring (bicyclic) bond motifs is 1. The normalized spacial score (nSPS) is 35.1. The van der Waals surface area contributed by atoms with Crippen LogP contribution in [0.2, 0.25) is 0 Å². The summed E-state index contributed by atoms with van der Waals surface area (Å²) in [7, 11) is 0. The molecule has 2 heteroatoms. The Morgan fingerprint density at radius 2 is 2.10 bits per heavy atom. The van der Waals surface area contributed by atoms with Gasteiger partial charge in [0.15, 0.2) is 0 Å². The lowest BCUT2D eigenvalue weighted by molar-refractivity contribution is 0.648. The molecular weight excluding hydrogens is 237 g/mol. The molecule has 0 saturated carbocycles. The van der Waals surface area contributed by atoms with Crippen LogP contribution in [0.25, 0.3) is 0 Å². The average Bonchev–Trinajstić information content (AvgIpc) is 2.34. The molecule has 2 rings (SSSR count). The van der Waals surface area contributed by atoms with Gasteiger partial charge in [0, 0.05) is 15.7 Å². The van der Waals surface area contributed by atoms with Crippen molar-refractivity contribution in [3.8, 4) is 0 Å². The number of rotatable bonds is 0. The van der Waals surface area contributed by atoms with Gasteiger partial charge in [-0.3, -0.25) is 0 Å². The second kappa shape index (κ2) is 2.42. The summed E-state index contributed by atoms with van der Waals surface area (Å²) in [6.45, 7) is 0. The van der Waals surface area contributed by atoms with Crippen molar-refractivity contribution in [2.45, 2.75) is 6.04 Å². The molecule has 0 amide bonds. The highest BCUT2D eigenvalue weighted by Gasteiger charge is 2.24. The maximum Gasteiger partial charge on any atom is 0.0550 e. The molecule has 2 unspecified atom stereocenters. The van der Waals surface area contributed by atoms with Gasteiger partial charge in [-0.2, -0.15) is 0 Å². The maximum atomic E-state index is 3.30. The Bertz CT molecular complexity index is 227. The third-order valence-electron chi connectivity index (χ3n) is 1.87. The summed E-state index contributed by atoms with van der Waals surface area (Å²) in [5.74, 6) is 0.602. The minimum atomic E-state index is 0.525. The van der Waals surface area contributed by atoms with Crippen LogP contribution in [0.15, 0.2) is 34.1 Å². The highest BCUT2D eigenvalue weighted by atomic mass is 127. The average molecular weight is 245 g/mol. The standard InChI is InChI=1S/C8H8IN/c9-7-5-10-8-4-2-1-3-6(7)8/h1-6,8,10H. The highest BCUT2D eigenvalue weighted by molar-refractivity contribution is 14.1. The van der Waals surface area contributed by atoms with Crippen LogP contribution < -0.4 is 5.32 Å². The van der Waals surface area contributed by atoms with E-state index in [1.807, 2.05) is 0 Å². The summed E-state index contributed by atoms with van der Waals surface area (Å²) in [5, 5.41) is 3.30. The number of hydrogen-bond donors (Lipinski definition) is 1. The fraction of sp³-hybridized carbons (Fsp3) is 0.250. The van der Waals surface area contributed by atoms with E-state index < -0.39 is 0 Å². The first-order valence-corrected chi connectivity index (χ1v) is 4.42. The third-order valence-corrected chi connectivity index (χ3v) is 2.90. The number of halogens is 1. The lowest BCUT2D eigenvalue weighted by Gasteiger charge is -2.15. The summed E-state index contributed by atoms with van der Waals surface area (Å²) in [5.41, 5.74) is 0. The second-order valence-corrected chi connectivity index (χ2v) is 3.76. The number of hydrogen-bond acceptors (Lipinski definition) is 1. The molecule has 0 spiro atoms. The van der Waals surface area contributed by atoms with Crippen molar-refractivity contribution in [3.63, 3.8) is 0 Å². The largest absolute Gasteiger partial charge is 0.383 e. The van der Waals surface area contributed by atoms with Crippen molar-refractivity contribution in [1.82, 2.24) is 5.32 Å². The zero-order valence-electron chi connectivity index (χ0n) is 5.42. The summed E-state index contributed by atoms with van der Waals surface area (Å²) in [6, 6.07) is 0.525. The number of nitrogens with one attached hydrogen (secondary N) is 1. The molecule has 10 heavy (non-hydrogen) atoms. The molecule has 1 nitrogen and oxygen atoms in total. The molecular formula is C8H8IN. The first kappa shape index (κ1) is 6.46. The van der Waals surface area contributed by atoms with E-state index in [0.29, 0.717) is 12.0 Å². The molecule has 1 N–H and O–H groups in total. The molecule has 0 bridgehead atoms. The fourth-order valence-corrected chi connectivity index (χ4v) is 2.08. The highest BCUT2D eigenvalue weighted by Crippen LogP contribution is 2.30. The Kier molecular flexibility index (Phi) is 1.56. The SMILES string of the molecule is IC1=CNC2C=CC=CC12. The Morgan fingerprint density at radius 3 is 2.90 bits per heavy atom. The van der Waals surface area contributed by atoms with E-state index in [2.05, 4.69) is 58.4 Å². The molecule has 0 aromatic rings. The monoisotopic (exact) mass is 245 g/mol. The van der Waals surface area contributed by atoms with Gasteiger partial charge in [-0.25, -0.2) is 0 Å². The molecule has 2 aliphatic rings. The molecule has 0 aromatic heterocycles. The maximum absolute atomic E-state index is 3.30. The van der Waals surface area contributed by atoms with Crippen molar-refractivity contribution in [2.24, 2.45) is 5.92 Å². The summed E-state index contributed by atoms with van der Waals surface area (Å²) in [6.07, 6.45) is 10.7. The van der Waals surface area contributed by atoms with E-state index in [1.165, 1.54) is 3.58 Å². The first-order chi connectivity index (χ1) is 4.88. The van der Waals surface area contributed by atoms with E-state index in [-0.39, 0.29) is 0 Å². The van der Waals surface area contributed by atoms with Gasteiger partial charge in [0.25, 0.3) is 0 Å². The van der Waals surface area contributed by atoms with Crippen molar-refractivity contribution in [3.05, 3.63) is 34.1 Å². The zero-order valence-corrected chi connectivity index (χ0v) is 7.58. The van der Waals surface area contributed by atoms with Gasteiger partial charge in [-0.1, -0.05) is 24.3 Å². The predicted octanol–water partition coefficient (Wildman–Crippen LogP) is 1.98. The van der Waals surface area contributed by atoms with Gasteiger partial charge >= 0.3 is 0 Å². The zero-order chi connectivity index (χ0) is 6.97. The van der Waals surface area contributed by atoms with Gasteiger partial charge < -0.3 is 5.32 Å². The van der Waals surface area contributed by atoms with Gasteiger partial charge in [0.1, 0.15) is 0 Å². The fourth-order valence-electron chi connectivity index (χ4n) is 1.30. The Morgan fingerprint density at radius 1 is 1.30 bits per heavy atom. The first-order valence-electron chi connectivity index (χ1n) is 3.34. The Hall–Kier alpha value is -0.250. The van der Waals surface area contributed by atoms with Crippen LogP contribution in [-0.4, -0.2) is 6.04 Å². The third kappa shape index (κ3) is 0.905. The van der Waals surface area contributed by atoms with Crippen LogP contribution in [-0.2, 0) is 0 Å². The van der Waals surface area contributed by atoms with Gasteiger partial charge in [0.05, 0.1) is 6.04 Å². The van der Waals surface area contributed by atoms with Crippen LogP contribution in [0.4, 0.5) is 0 Å². The van der Waals surface area contributed by atoms with E-state index in [0.717, 1.165) is 0 Å². The van der Waals surface area contributed by atoms with Crippen LogP contribution in [0.3, 0.4) is 0 Å². The van der Waals surface area contributed by atoms with Gasteiger partial charge in [0.2, 0.25) is 0 Å². The smallest absolute Gasteiger partial charge is 0.0550 e. The molecule has 52 valence electrons. The molecule has 1 heterocycles. The van der Waals surface area contributed by atoms with Gasteiger partial charge in [-0.05, 0) is 22.6 Å². The molecule has 0 fully saturated rings. The minimum absolute atomic E-state index is 0.525. The van der Waals surface area contributed by atoms with Crippen molar-refractivity contribution in [1.29, 1.82) is 0 Å². The van der Waals surface area contributed by atoms with Gasteiger partial charge in [-0.15, -0.1) is 0 Å². The quantitative estimate of drug-likeness (QED) is 0.643. The lowest BCUT2D eigenvalue weighted by Crippen LogP contribution is -2.24. The molecule has 0 radical (unpaired) electrons. The Balaban J connectivity index is 2.27. The lowest BCUT2D eigenvalue weighted by atomic mass is 9.98. The van der Waals surface area contributed by atoms with E-state index in [9.17, 15) is 0 Å². The second-order valence-electron chi connectivity index (χ2n) is 2.52. The van der Waals surface area contributed by atoms with E-state index in [4.69, 9.17) is 0 Å². The van der Waals surface area contributed by atoms with Crippen molar-refractivity contribution in [2.75, 3.05) is 0 Å². The van der Waals surface area contributed by atoms with Crippen molar-refractivity contribution < 1.29 is 0 Å². The van der Waals surface area contributed by atoms with Crippen LogP contribution in [0.1, 0.15) is 0 Å². The van der Waals surface area contributed by atoms with E-state index >= 15 is 0 Å². The van der Waals surface area contributed by atoms with Crippen molar-refractivity contribution >= 4 is 22.6 Å². The van der Waals surface area contributed by atoms with Crippen LogP contribution in [0, 0.1) is 5.92 Å². The summed E-state index contributed by atoms with van der Waals surface area (Å²) >= 11 is 2.38. The summed E-state index contributed by atoms with van der Waals surface area (Å²) < 4.78 is 1.41. The topological polar surface area (TPSA) is 12.0 Å². The van der Waals surface area contributed by atoms with E-state index in [1.54, 1.807) is 0 Å². The molecule has 1 aliphatic carbocycles. The number of allylic oxidation sites excluding steroid dienone is 2. The van der Waals surface area contributed by atoms with Crippen LogP contribution in [0.5, 0.6) is 0 Å². The molecule has 2 atom stereocenters. The molecule has 0 aromatic carbocycles. The molecule has 1 aliphatic heterocycles. The van der Waals surface area contributed by atoms with Crippen LogP contribution >= 0.6 is 22.6 Å². The summed E-state index contributed by atoms with van der Waals surface area (Å²) in [4.78, 5) is 0. The minimum Gasteiger partial charge on any atom is -0.383 e.